The molecule has 10 heterocycles. The summed E-state index contributed by atoms with van der Waals surface area (Å²) in [6.45, 7) is 9.74. The number of pyridine rings is 3. The number of benzene rings is 9. The molecule has 25 nitrogen and oxygen atoms in total. The number of rotatable bonds is 18. The van der Waals surface area contributed by atoms with Gasteiger partial charge in [-0.25, -0.2) is 46.2 Å². The molecule has 0 amide bonds. The predicted octanol–water partition coefficient (Wildman–Crippen LogP) is 19.1. The normalized spacial score (nSPS) is 11.4. The molecule has 1 unspecified atom stereocenters. The van der Waals surface area contributed by atoms with E-state index in [4.69, 9.17) is 30.9 Å². The van der Waals surface area contributed by atoms with Crippen LogP contribution in [-0.2, 0) is 40.3 Å². The SMILES string of the molecule is Cc1cc2oc(=O)c(S(=O)(=O)c3ccccc3)cc2c(=O)n1Cc1ccccc1.Cc1cc2oc(=O)c(S(=O)c3ccccc3)cc2c(=O)n1Cc1ccccc1.Cc1cc2oc(=O)c(Sc3ccccc3)c(O)c2c(=O)o1.Cc1cc2oc(=O)cc(Sc3ccccc3)c2c(=O)n1Cc1ccccc1.Cc1oc(=O)c2c(O)c(Sc3ccccc3)c(=O)oc2c1Sc1ccccc1. The maximum Gasteiger partial charge on any atom is 0.355 e. The first-order valence-electron chi connectivity index (χ1n) is 40.6. The molecule has 31 heteroatoms. The maximum absolute atomic E-state index is 13.3. The fraction of sp³-hybridized carbons (Fsp3) is 0.0784. The number of fused-ring (bicyclic) bond motifs is 5. The lowest BCUT2D eigenvalue weighted by molar-refractivity contribution is 0.425. The first-order chi connectivity index (χ1) is 64.1. The number of aryl methyl sites for hydroxylation is 5. The van der Waals surface area contributed by atoms with Crippen molar-refractivity contribution < 1.29 is 53.8 Å². The molecule has 0 spiro atoms. The van der Waals surface area contributed by atoms with Crippen LogP contribution in [0.15, 0.2) is 453 Å². The molecule has 9 aromatic carbocycles. The third-order valence-electron chi connectivity index (χ3n) is 20.4. The summed E-state index contributed by atoms with van der Waals surface area (Å²) < 4.78 is 80.2. The van der Waals surface area contributed by atoms with E-state index < -0.39 is 82.0 Å². The molecule has 0 saturated carbocycles. The molecule has 0 bridgehead atoms. The average molecular weight is 1890 g/mol. The Balaban J connectivity index is 0.000000127. The standard InChI is InChI=1S/C22H17NO5S.C22H17NO4S.C22H17NO3S.C21H14O5S2.C15H10O5S/c1-15-12-19-18(21(24)23(15)14-16-8-4-2-5-9-16)13-20(22(25)28-19)29(26,27)17-10-6-3-7-11-17;1-15-12-19-18(21(24)23(15)14-16-8-4-2-5-9-16)13-20(22(25)27-19)28(26)17-10-6-3-7-11-17;1-15-12-18-21(22(25)23(15)14-16-8-4-2-5-9-16)19(13-20(24)26-18)27-17-10-6-3-7-11-17;1-12-18(27-13-8-4-2-5-9-13)17-15(20(23)25-12)16(22)19(21(24)26-17)28-14-10-6-3-7-11-14;1-8-7-10-11(14(17)19-8)12(16)13(15(18)20-10)21-9-5-3-2-4-6-9/h2-13H,14H2,1H3;2-13H,14H2,1H3;2-13H,14H2,1H3;2-11,22H,1H3;2-7,16H,1H3. The first kappa shape index (κ1) is 92.6. The average Bonchev–Trinajstić information content (AvgIpc) is 0.757. The van der Waals surface area contributed by atoms with E-state index in [0.29, 0.717) is 68.2 Å². The van der Waals surface area contributed by atoms with Crippen molar-refractivity contribution in [3.63, 3.8) is 0 Å². The smallest absolute Gasteiger partial charge is 0.355 e. The third-order valence-corrected chi connectivity index (χ3v) is 27.9. The van der Waals surface area contributed by atoms with Crippen LogP contribution in [0.2, 0.25) is 0 Å². The van der Waals surface area contributed by atoms with Crippen LogP contribution in [0, 0.1) is 34.6 Å². The lowest BCUT2D eigenvalue weighted by atomic mass is 10.2. The van der Waals surface area contributed by atoms with Crippen LogP contribution in [-0.4, -0.2) is 36.5 Å². The summed E-state index contributed by atoms with van der Waals surface area (Å²) in [5.41, 5.74) is -0.284. The van der Waals surface area contributed by atoms with Gasteiger partial charge >= 0.3 is 39.4 Å². The fourth-order valence-corrected chi connectivity index (χ4v) is 19.9. The summed E-state index contributed by atoms with van der Waals surface area (Å²) >= 11 is 4.76. The number of aromatic nitrogens is 3. The lowest BCUT2D eigenvalue weighted by Gasteiger charge is -2.13. The number of hydrogen-bond donors (Lipinski definition) is 2. The number of hydrogen-bond acceptors (Lipinski definition) is 26. The van der Waals surface area contributed by atoms with Crippen molar-refractivity contribution in [3.8, 4) is 11.5 Å². The van der Waals surface area contributed by atoms with Crippen LogP contribution in [0.5, 0.6) is 11.5 Å². The minimum Gasteiger partial charge on any atom is -0.505 e. The zero-order chi connectivity index (χ0) is 93.7. The molecule has 0 radical (unpaired) electrons. The number of nitrogens with zero attached hydrogens (tertiary/aromatic N) is 3. The third kappa shape index (κ3) is 21.3. The Morgan fingerprint density at radius 3 is 1.17 bits per heavy atom. The monoisotopic (exact) mass is 1890 g/mol. The first-order valence-corrected chi connectivity index (χ1v) is 46.5. The molecule has 1 atom stereocenters. The summed E-state index contributed by atoms with van der Waals surface area (Å²) in [7, 11) is -5.84. The van der Waals surface area contributed by atoms with Gasteiger partial charge in [0.05, 0.1) is 56.4 Å². The molecule has 666 valence electrons. The Kier molecular flexibility index (Phi) is 28.8. The van der Waals surface area contributed by atoms with Gasteiger partial charge in [0, 0.05) is 76.8 Å². The summed E-state index contributed by atoms with van der Waals surface area (Å²) in [4.78, 5) is 129. The highest BCUT2D eigenvalue weighted by Crippen LogP contribution is 2.42. The van der Waals surface area contributed by atoms with Crippen LogP contribution in [0.25, 0.3) is 54.8 Å². The Morgan fingerprint density at radius 2 is 0.699 bits per heavy atom. The van der Waals surface area contributed by atoms with Crippen LogP contribution < -0.4 is 56.1 Å². The van der Waals surface area contributed by atoms with Crippen LogP contribution >= 0.6 is 47.0 Å². The highest BCUT2D eigenvalue weighted by atomic mass is 32.2. The Hall–Kier alpha value is -15.1. The molecule has 133 heavy (non-hydrogen) atoms. The van der Waals surface area contributed by atoms with E-state index in [1.165, 1.54) is 58.4 Å². The van der Waals surface area contributed by atoms with Gasteiger partial charge in [-0.05, 0) is 136 Å². The molecule has 0 fully saturated rings. The molecule has 0 aliphatic rings. The van der Waals surface area contributed by atoms with Gasteiger partial charge < -0.3 is 54.8 Å². The van der Waals surface area contributed by atoms with Crippen molar-refractivity contribution in [1.82, 2.24) is 13.7 Å². The molecule has 2 N–H and O–H groups in total. The van der Waals surface area contributed by atoms with E-state index >= 15 is 0 Å². The zero-order valence-corrected chi connectivity index (χ0v) is 75.9. The second kappa shape index (κ2) is 41.3. The zero-order valence-electron chi connectivity index (χ0n) is 71.0. The van der Waals surface area contributed by atoms with Crippen LogP contribution in [0.4, 0.5) is 0 Å². The van der Waals surface area contributed by atoms with Crippen LogP contribution in [0.3, 0.4) is 0 Å². The fourth-order valence-electron chi connectivity index (χ4n) is 13.9. The summed E-state index contributed by atoms with van der Waals surface area (Å²) in [6, 6.07) is 92.5. The summed E-state index contributed by atoms with van der Waals surface area (Å²) in [6.07, 6.45) is 0. The lowest BCUT2D eigenvalue weighted by Crippen LogP contribution is -2.24. The second-order valence-corrected chi connectivity index (χ2v) is 37.3. The van der Waals surface area contributed by atoms with Gasteiger partial charge in [0.2, 0.25) is 9.84 Å². The topological polar surface area (TPSA) is 369 Å². The van der Waals surface area contributed by atoms with Gasteiger partial charge in [-0.15, -0.1) is 0 Å². The quantitative estimate of drug-likeness (QED) is 0.0805. The van der Waals surface area contributed by atoms with Crippen molar-refractivity contribution in [2.24, 2.45) is 0 Å². The molecule has 10 aromatic heterocycles. The Labute approximate surface area is 773 Å². The van der Waals surface area contributed by atoms with E-state index in [1.54, 1.807) is 140 Å². The van der Waals surface area contributed by atoms with Gasteiger partial charge in [-0.3, -0.25) is 14.4 Å². The largest absolute Gasteiger partial charge is 0.505 e. The number of sulfone groups is 1. The number of aromatic hydroxyl groups is 2. The van der Waals surface area contributed by atoms with E-state index in [1.807, 2.05) is 183 Å². The molecular weight excluding hydrogens is 1810 g/mol. The van der Waals surface area contributed by atoms with Crippen molar-refractivity contribution in [1.29, 1.82) is 0 Å². The van der Waals surface area contributed by atoms with Gasteiger partial charge in [0.1, 0.15) is 53.7 Å². The van der Waals surface area contributed by atoms with Gasteiger partial charge in [0.15, 0.2) is 27.6 Å². The van der Waals surface area contributed by atoms with Crippen molar-refractivity contribution in [3.05, 3.63) is 465 Å². The van der Waals surface area contributed by atoms with Crippen LogP contribution in [0.1, 0.15) is 45.3 Å². The van der Waals surface area contributed by atoms with E-state index in [0.717, 1.165) is 71.6 Å². The molecule has 0 aliphatic carbocycles. The van der Waals surface area contributed by atoms with Crippen molar-refractivity contribution in [2.45, 2.75) is 113 Å². The Morgan fingerprint density at radius 1 is 0.331 bits per heavy atom. The summed E-state index contributed by atoms with van der Waals surface area (Å²) in [5.74, 6) is -0.219. The highest BCUT2D eigenvalue weighted by molar-refractivity contribution is 8.00. The molecular formula is C102H75N3O22S6. The van der Waals surface area contributed by atoms with E-state index in [-0.39, 0.29) is 74.6 Å². The van der Waals surface area contributed by atoms with Crippen molar-refractivity contribution >= 4 is 123 Å². The minimum atomic E-state index is -4.11. The van der Waals surface area contributed by atoms with Gasteiger partial charge in [-0.1, -0.05) is 247 Å². The Bertz CT molecular complexity index is 8390. The van der Waals surface area contributed by atoms with Gasteiger partial charge in [-0.2, -0.15) is 0 Å². The predicted molar refractivity (Wildman–Crippen MR) is 511 cm³/mol. The molecule has 0 saturated heterocycles. The molecule has 0 aliphatic heterocycles. The van der Waals surface area contributed by atoms with Gasteiger partial charge in [0.25, 0.3) is 16.7 Å². The van der Waals surface area contributed by atoms with E-state index in [9.17, 15) is 70.8 Å². The van der Waals surface area contributed by atoms with E-state index in [2.05, 4.69) is 0 Å². The minimum absolute atomic E-state index is 0.0173. The second-order valence-electron chi connectivity index (χ2n) is 29.6. The maximum atomic E-state index is 13.3. The molecule has 19 rings (SSSR count). The van der Waals surface area contributed by atoms with Crippen molar-refractivity contribution in [2.75, 3.05) is 0 Å². The highest BCUT2D eigenvalue weighted by Gasteiger charge is 2.28. The summed E-state index contributed by atoms with van der Waals surface area (Å²) in [5, 5.41) is 21.4. The molecule has 19 aromatic rings.